The molecule has 0 aliphatic heterocycles. The van der Waals surface area contributed by atoms with Crippen molar-refractivity contribution in [2.24, 2.45) is 11.8 Å². The second-order valence-electron chi connectivity index (χ2n) is 7.76. The molecule has 0 aliphatic carbocycles. The van der Waals surface area contributed by atoms with Crippen LogP contribution in [0.3, 0.4) is 0 Å². The Balaban J connectivity index is 5.62. The van der Waals surface area contributed by atoms with Gasteiger partial charge in [-0.2, -0.15) is 0 Å². The van der Waals surface area contributed by atoms with Crippen LogP contribution in [0.5, 0.6) is 0 Å². The highest BCUT2D eigenvalue weighted by Crippen LogP contribution is 2.44. The van der Waals surface area contributed by atoms with Gasteiger partial charge in [-0.05, 0) is 37.5 Å². The quantitative estimate of drug-likeness (QED) is 0.317. The number of ether oxygens (including phenoxy) is 1. The molecule has 0 aromatic carbocycles. The molecule has 0 amide bonds. The molecule has 140 valence electrons. The summed E-state index contributed by atoms with van der Waals surface area (Å²) in [4.78, 5) is 0. The summed E-state index contributed by atoms with van der Waals surface area (Å²) in [5.74, 6) is 1.27. The largest absolute Gasteiger partial charge is 0.368 e. The zero-order chi connectivity index (χ0) is 17.9. The van der Waals surface area contributed by atoms with E-state index in [-0.39, 0.29) is 11.2 Å². The van der Waals surface area contributed by atoms with Gasteiger partial charge in [0.1, 0.15) is 0 Å². The van der Waals surface area contributed by atoms with Crippen molar-refractivity contribution in [3.8, 4) is 0 Å². The van der Waals surface area contributed by atoms with Gasteiger partial charge in [0.15, 0.2) is 0 Å². The normalized spacial score (nSPS) is 19.8. The van der Waals surface area contributed by atoms with Crippen molar-refractivity contribution in [2.75, 3.05) is 0 Å². The summed E-state index contributed by atoms with van der Waals surface area (Å²) >= 11 is 0. The predicted octanol–water partition coefficient (Wildman–Crippen LogP) is 7.77. The molecule has 1 nitrogen and oxygen atoms in total. The summed E-state index contributed by atoms with van der Waals surface area (Å²) in [5, 5.41) is 0. The Hall–Kier alpha value is -0.0400. The van der Waals surface area contributed by atoms with Crippen molar-refractivity contribution in [1.82, 2.24) is 0 Å². The van der Waals surface area contributed by atoms with Gasteiger partial charge in [-0.15, -0.1) is 0 Å². The molecule has 0 rings (SSSR count). The molecule has 4 unspecified atom stereocenters. The van der Waals surface area contributed by atoms with E-state index in [9.17, 15) is 0 Å². The van der Waals surface area contributed by atoms with E-state index in [4.69, 9.17) is 4.74 Å². The maximum Gasteiger partial charge on any atom is 0.0712 e. The summed E-state index contributed by atoms with van der Waals surface area (Å²) in [6.45, 7) is 18.8. The van der Waals surface area contributed by atoms with Crippen LogP contribution in [0.1, 0.15) is 120 Å². The highest BCUT2D eigenvalue weighted by molar-refractivity contribution is 4.93. The SMILES string of the molecule is CCCCC(CC)(OC(CC)(CCCC)C(C)CC)C(C)CC. The Morgan fingerprint density at radius 2 is 1.00 bits per heavy atom. The van der Waals surface area contributed by atoms with Crippen LogP contribution in [-0.2, 0) is 4.74 Å². The van der Waals surface area contributed by atoms with Crippen molar-refractivity contribution in [2.45, 2.75) is 131 Å². The third-order valence-electron chi connectivity index (χ3n) is 6.53. The van der Waals surface area contributed by atoms with Gasteiger partial charge in [-0.3, -0.25) is 0 Å². The molecule has 0 radical (unpaired) electrons. The van der Waals surface area contributed by atoms with E-state index in [1.54, 1.807) is 0 Å². The molecule has 0 fully saturated rings. The Bertz CT molecular complexity index is 260. The van der Waals surface area contributed by atoms with E-state index >= 15 is 0 Å². The second-order valence-corrected chi connectivity index (χ2v) is 7.76. The first-order valence-corrected chi connectivity index (χ1v) is 10.6. The minimum absolute atomic E-state index is 0.0674. The van der Waals surface area contributed by atoms with Gasteiger partial charge in [0, 0.05) is 0 Å². The molecule has 4 atom stereocenters. The fourth-order valence-electron chi connectivity index (χ4n) is 4.09. The van der Waals surface area contributed by atoms with Gasteiger partial charge < -0.3 is 4.74 Å². The van der Waals surface area contributed by atoms with Crippen molar-refractivity contribution in [3.05, 3.63) is 0 Å². The van der Waals surface area contributed by atoms with Crippen LogP contribution in [0.15, 0.2) is 0 Å². The third-order valence-corrected chi connectivity index (χ3v) is 6.53. The molecule has 0 aromatic heterocycles. The Kier molecular flexibility index (Phi) is 11.5. The van der Waals surface area contributed by atoms with Crippen molar-refractivity contribution >= 4 is 0 Å². The lowest BCUT2D eigenvalue weighted by Gasteiger charge is -2.50. The zero-order valence-corrected chi connectivity index (χ0v) is 17.6. The van der Waals surface area contributed by atoms with Crippen LogP contribution >= 0.6 is 0 Å². The van der Waals surface area contributed by atoms with Crippen LogP contribution in [0, 0.1) is 11.8 Å². The van der Waals surface area contributed by atoms with Crippen molar-refractivity contribution < 1.29 is 4.74 Å². The molecule has 0 bridgehead atoms. The maximum absolute atomic E-state index is 7.23. The van der Waals surface area contributed by atoms with Gasteiger partial charge in [0.05, 0.1) is 11.2 Å². The number of hydrogen-bond donors (Lipinski definition) is 0. The molecule has 0 spiro atoms. The lowest BCUT2D eigenvalue weighted by Crippen LogP contribution is -2.51. The monoisotopic (exact) mass is 326 g/mol. The summed E-state index contributed by atoms with van der Waals surface area (Å²) < 4.78 is 7.23. The summed E-state index contributed by atoms with van der Waals surface area (Å²) in [7, 11) is 0. The summed E-state index contributed by atoms with van der Waals surface area (Å²) in [6.07, 6.45) is 12.3. The fourth-order valence-corrected chi connectivity index (χ4v) is 4.09. The lowest BCUT2D eigenvalue weighted by molar-refractivity contribution is -0.212. The molecule has 0 aliphatic rings. The molecule has 0 saturated carbocycles. The van der Waals surface area contributed by atoms with Crippen LogP contribution in [0.4, 0.5) is 0 Å². The fraction of sp³-hybridized carbons (Fsp3) is 1.00. The highest BCUT2D eigenvalue weighted by Gasteiger charge is 2.44. The zero-order valence-electron chi connectivity index (χ0n) is 17.6. The van der Waals surface area contributed by atoms with Gasteiger partial charge in [-0.25, -0.2) is 0 Å². The van der Waals surface area contributed by atoms with E-state index in [1.807, 2.05) is 0 Å². The van der Waals surface area contributed by atoms with E-state index in [1.165, 1.54) is 51.4 Å². The minimum Gasteiger partial charge on any atom is -0.368 e. The van der Waals surface area contributed by atoms with Gasteiger partial charge in [0.25, 0.3) is 0 Å². The van der Waals surface area contributed by atoms with E-state index < -0.39 is 0 Å². The first kappa shape index (κ1) is 23.0. The smallest absolute Gasteiger partial charge is 0.0712 e. The van der Waals surface area contributed by atoms with E-state index in [2.05, 4.69) is 55.4 Å². The highest BCUT2D eigenvalue weighted by atomic mass is 16.5. The van der Waals surface area contributed by atoms with Crippen LogP contribution in [0.25, 0.3) is 0 Å². The van der Waals surface area contributed by atoms with Gasteiger partial charge in [-0.1, -0.05) is 93.9 Å². The molecule has 23 heavy (non-hydrogen) atoms. The standard InChI is InChI=1S/C22H46O/c1-9-15-17-21(13-5,19(7)11-3)23-22(14-6,18-16-10-2)20(8)12-4/h19-20H,9-18H2,1-8H3. The van der Waals surface area contributed by atoms with Crippen LogP contribution < -0.4 is 0 Å². The maximum atomic E-state index is 7.23. The number of unbranched alkanes of at least 4 members (excludes halogenated alkanes) is 2. The average Bonchev–Trinajstić information content (AvgIpc) is 2.60. The minimum atomic E-state index is 0.0674. The third kappa shape index (κ3) is 6.07. The van der Waals surface area contributed by atoms with Crippen molar-refractivity contribution in [1.29, 1.82) is 0 Å². The first-order valence-electron chi connectivity index (χ1n) is 10.6. The lowest BCUT2D eigenvalue weighted by atomic mass is 9.75. The second kappa shape index (κ2) is 11.5. The molecule has 0 N–H and O–H groups in total. The first-order chi connectivity index (χ1) is 10.9. The molecule has 0 heterocycles. The molecular formula is C22H46O. The van der Waals surface area contributed by atoms with E-state index in [0.717, 1.165) is 12.8 Å². The average molecular weight is 327 g/mol. The van der Waals surface area contributed by atoms with Gasteiger partial charge >= 0.3 is 0 Å². The van der Waals surface area contributed by atoms with Gasteiger partial charge in [0.2, 0.25) is 0 Å². The molecule has 1 heteroatoms. The Morgan fingerprint density at radius 1 is 0.652 bits per heavy atom. The van der Waals surface area contributed by atoms with Crippen molar-refractivity contribution in [3.63, 3.8) is 0 Å². The number of hydrogen-bond acceptors (Lipinski definition) is 1. The number of rotatable bonds is 14. The van der Waals surface area contributed by atoms with E-state index in [0.29, 0.717) is 11.8 Å². The topological polar surface area (TPSA) is 9.23 Å². The Morgan fingerprint density at radius 3 is 1.22 bits per heavy atom. The Labute approximate surface area is 148 Å². The summed E-state index contributed by atoms with van der Waals surface area (Å²) in [5.41, 5.74) is 0.135. The molecule has 0 saturated heterocycles. The predicted molar refractivity (Wildman–Crippen MR) is 105 cm³/mol. The van der Waals surface area contributed by atoms with Crippen LogP contribution in [-0.4, -0.2) is 11.2 Å². The molecule has 0 aromatic rings. The summed E-state index contributed by atoms with van der Waals surface area (Å²) in [6, 6.07) is 0. The van der Waals surface area contributed by atoms with Crippen LogP contribution in [0.2, 0.25) is 0 Å². The molecular weight excluding hydrogens is 280 g/mol.